The van der Waals surface area contributed by atoms with E-state index in [4.69, 9.17) is 22.3 Å². The van der Waals surface area contributed by atoms with Crippen molar-refractivity contribution in [1.82, 2.24) is 4.90 Å². The highest BCUT2D eigenvalue weighted by molar-refractivity contribution is 8.14. The van der Waals surface area contributed by atoms with Gasteiger partial charge >= 0.3 is 0 Å². The van der Waals surface area contributed by atoms with Gasteiger partial charge in [-0.1, -0.05) is 11.6 Å². The highest BCUT2D eigenvalue weighted by Crippen LogP contribution is 2.30. The Morgan fingerprint density at radius 2 is 2.00 bits per heavy atom. The predicted octanol–water partition coefficient (Wildman–Crippen LogP) is 1.72. The van der Waals surface area contributed by atoms with Crippen LogP contribution in [-0.4, -0.2) is 51.0 Å². The van der Waals surface area contributed by atoms with Crippen LogP contribution in [0.4, 0.5) is 5.69 Å². The largest absolute Gasteiger partial charge is 0.345 e. The van der Waals surface area contributed by atoms with Crippen LogP contribution in [0.2, 0.25) is 5.02 Å². The van der Waals surface area contributed by atoms with Gasteiger partial charge in [0.05, 0.1) is 10.6 Å². The highest BCUT2D eigenvalue weighted by atomic mass is 35.7. The molecule has 1 aromatic rings. The Morgan fingerprint density at radius 1 is 1.36 bits per heavy atom. The van der Waals surface area contributed by atoms with Gasteiger partial charge in [-0.3, -0.25) is 9.59 Å². The van der Waals surface area contributed by atoms with E-state index in [1.54, 1.807) is 20.2 Å². The maximum absolute atomic E-state index is 12.1. The first kappa shape index (κ1) is 17.1. The van der Waals surface area contributed by atoms with Crippen LogP contribution in [0.25, 0.3) is 0 Å². The summed E-state index contributed by atoms with van der Waals surface area (Å²) < 4.78 is 22.8. The minimum atomic E-state index is -3.82. The summed E-state index contributed by atoms with van der Waals surface area (Å²) in [5, 5.41) is -0.694. The van der Waals surface area contributed by atoms with Gasteiger partial charge in [-0.15, -0.1) is 0 Å². The molecular formula is C13H14Cl2N2O4S. The fourth-order valence-corrected chi connectivity index (χ4v) is 3.42. The molecule has 6 nitrogen and oxygen atoms in total. The number of amides is 2. The second-order valence-electron chi connectivity index (χ2n) is 5.17. The SMILES string of the molecule is CN(C)C(=O)c1cc(N2CC(S(=O)(=O)Cl)CC2=O)ccc1Cl. The van der Waals surface area contributed by atoms with Gasteiger partial charge < -0.3 is 9.80 Å². The number of anilines is 1. The third kappa shape index (κ3) is 3.37. The van der Waals surface area contributed by atoms with E-state index in [-0.39, 0.29) is 35.4 Å². The smallest absolute Gasteiger partial charge is 0.254 e. The number of nitrogens with zero attached hydrogens (tertiary/aromatic N) is 2. The summed E-state index contributed by atoms with van der Waals surface area (Å²) in [5.41, 5.74) is 0.663. The predicted molar refractivity (Wildman–Crippen MR) is 85.0 cm³/mol. The van der Waals surface area contributed by atoms with Crippen molar-refractivity contribution >= 4 is 48.8 Å². The number of hydrogen-bond donors (Lipinski definition) is 0. The van der Waals surface area contributed by atoms with Gasteiger partial charge in [0.1, 0.15) is 5.25 Å². The van der Waals surface area contributed by atoms with Gasteiger partial charge in [0, 0.05) is 43.4 Å². The van der Waals surface area contributed by atoms with Crippen molar-refractivity contribution in [2.45, 2.75) is 11.7 Å². The number of halogens is 2. The minimum Gasteiger partial charge on any atom is -0.345 e. The molecule has 1 atom stereocenters. The Hall–Kier alpha value is -1.31. The van der Waals surface area contributed by atoms with Crippen LogP contribution >= 0.6 is 22.3 Å². The van der Waals surface area contributed by atoms with Gasteiger partial charge in [-0.2, -0.15) is 0 Å². The maximum Gasteiger partial charge on any atom is 0.254 e. The van der Waals surface area contributed by atoms with Crippen molar-refractivity contribution in [3.8, 4) is 0 Å². The average molecular weight is 365 g/mol. The van der Waals surface area contributed by atoms with Gasteiger partial charge in [0.2, 0.25) is 15.0 Å². The second-order valence-corrected chi connectivity index (χ2v) is 8.49. The summed E-state index contributed by atoms with van der Waals surface area (Å²) in [6, 6.07) is 4.55. The molecule has 1 aromatic carbocycles. The molecule has 9 heteroatoms. The molecule has 1 aliphatic heterocycles. The van der Waals surface area contributed by atoms with Crippen LogP contribution in [-0.2, 0) is 13.8 Å². The average Bonchev–Trinajstić information content (AvgIpc) is 2.80. The first-order valence-electron chi connectivity index (χ1n) is 6.36. The minimum absolute atomic E-state index is 0.0398. The molecule has 0 N–H and O–H groups in total. The van der Waals surface area contributed by atoms with Crippen molar-refractivity contribution in [3.05, 3.63) is 28.8 Å². The van der Waals surface area contributed by atoms with Crippen molar-refractivity contribution in [3.63, 3.8) is 0 Å². The van der Waals surface area contributed by atoms with Crippen LogP contribution in [0.1, 0.15) is 16.8 Å². The molecular weight excluding hydrogens is 351 g/mol. The Morgan fingerprint density at radius 3 is 2.50 bits per heavy atom. The van der Waals surface area contributed by atoms with Crippen LogP contribution < -0.4 is 4.90 Å². The van der Waals surface area contributed by atoms with Crippen LogP contribution in [0, 0.1) is 0 Å². The fourth-order valence-electron chi connectivity index (χ4n) is 2.20. The Bertz CT molecular complexity index is 734. The molecule has 0 aliphatic carbocycles. The molecule has 120 valence electrons. The highest BCUT2D eigenvalue weighted by Gasteiger charge is 2.38. The fraction of sp³-hybridized carbons (Fsp3) is 0.385. The van der Waals surface area contributed by atoms with Crippen LogP contribution in [0.5, 0.6) is 0 Å². The molecule has 1 fully saturated rings. The normalized spacial score (nSPS) is 18.6. The molecule has 1 unspecified atom stereocenters. The summed E-state index contributed by atoms with van der Waals surface area (Å²) in [5.74, 6) is -0.667. The van der Waals surface area contributed by atoms with E-state index in [0.29, 0.717) is 5.69 Å². The van der Waals surface area contributed by atoms with E-state index in [9.17, 15) is 18.0 Å². The molecule has 1 saturated heterocycles. The molecule has 0 spiro atoms. The van der Waals surface area contributed by atoms with E-state index in [1.165, 1.54) is 21.9 Å². The molecule has 2 rings (SSSR count). The lowest BCUT2D eigenvalue weighted by Crippen LogP contribution is -2.27. The maximum atomic E-state index is 12.1. The van der Waals surface area contributed by atoms with E-state index in [1.807, 2.05) is 0 Å². The lowest BCUT2D eigenvalue weighted by molar-refractivity contribution is -0.117. The lowest BCUT2D eigenvalue weighted by atomic mass is 10.1. The van der Waals surface area contributed by atoms with Crippen molar-refractivity contribution in [1.29, 1.82) is 0 Å². The van der Waals surface area contributed by atoms with Gasteiger partial charge in [0.15, 0.2) is 0 Å². The third-order valence-electron chi connectivity index (χ3n) is 3.39. The Kier molecular flexibility index (Phi) is 4.70. The second kappa shape index (κ2) is 6.06. The Labute approximate surface area is 138 Å². The summed E-state index contributed by atoms with van der Waals surface area (Å²) in [6.07, 6.45) is -0.175. The van der Waals surface area contributed by atoms with Crippen molar-refractivity contribution in [2.24, 2.45) is 0 Å². The zero-order valence-electron chi connectivity index (χ0n) is 11.9. The van der Waals surface area contributed by atoms with Gasteiger partial charge in [0.25, 0.3) is 5.91 Å². The van der Waals surface area contributed by atoms with Gasteiger partial charge in [-0.05, 0) is 18.2 Å². The number of carbonyl (C=O) groups is 2. The summed E-state index contributed by atoms with van der Waals surface area (Å²) in [4.78, 5) is 26.7. The number of carbonyl (C=O) groups excluding carboxylic acids is 2. The third-order valence-corrected chi connectivity index (χ3v) is 5.58. The molecule has 0 aromatic heterocycles. The molecule has 0 saturated carbocycles. The lowest BCUT2D eigenvalue weighted by Gasteiger charge is -2.19. The number of benzene rings is 1. The zero-order chi connectivity index (χ0) is 16.7. The molecule has 0 radical (unpaired) electrons. The van der Waals surface area contributed by atoms with Crippen molar-refractivity contribution in [2.75, 3.05) is 25.5 Å². The monoisotopic (exact) mass is 364 g/mol. The van der Waals surface area contributed by atoms with Crippen LogP contribution in [0.3, 0.4) is 0 Å². The van der Waals surface area contributed by atoms with E-state index in [2.05, 4.69) is 0 Å². The summed E-state index contributed by atoms with van der Waals surface area (Å²) in [6.45, 7) is -0.0398. The van der Waals surface area contributed by atoms with E-state index >= 15 is 0 Å². The quantitative estimate of drug-likeness (QED) is 0.765. The number of hydrogen-bond acceptors (Lipinski definition) is 4. The molecule has 1 heterocycles. The molecule has 2 amide bonds. The molecule has 1 aliphatic rings. The van der Waals surface area contributed by atoms with E-state index in [0.717, 1.165) is 0 Å². The van der Waals surface area contributed by atoms with Gasteiger partial charge in [-0.25, -0.2) is 8.42 Å². The topological polar surface area (TPSA) is 74.8 Å². The first-order chi connectivity index (χ1) is 10.1. The number of rotatable bonds is 3. The summed E-state index contributed by atoms with van der Waals surface area (Å²) in [7, 11) is 4.67. The molecule has 0 bridgehead atoms. The standard InChI is InChI=1S/C13H14Cl2N2O4S/c1-16(2)13(19)10-5-8(3-4-11(10)14)17-7-9(6-12(17)18)22(15,20)21/h3-5,9H,6-7H2,1-2H3. The van der Waals surface area contributed by atoms with E-state index < -0.39 is 14.3 Å². The zero-order valence-corrected chi connectivity index (χ0v) is 14.2. The first-order valence-corrected chi connectivity index (χ1v) is 9.11. The van der Waals surface area contributed by atoms with Crippen LogP contribution in [0.15, 0.2) is 18.2 Å². The summed E-state index contributed by atoms with van der Waals surface area (Å²) >= 11 is 6.01. The Balaban J connectivity index is 2.36. The van der Waals surface area contributed by atoms with Crippen molar-refractivity contribution < 1.29 is 18.0 Å². The molecule has 22 heavy (non-hydrogen) atoms.